The van der Waals surface area contributed by atoms with Crippen LogP contribution < -0.4 is 5.14 Å². The minimum absolute atomic E-state index is 0.0953. The quantitative estimate of drug-likeness (QED) is 0.827. The van der Waals surface area contributed by atoms with Crippen molar-refractivity contribution in [3.05, 3.63) is 11.2 Å². The van der Waals surface area contributed by atoms with E-state index in [0.717, 1.165) is 16.3 Å². The molecule has 0 amide bonds. The van der Waals surface area contributed by atoms with Crippen LogP contribution in [0.25, 0.3) is 0 Å². The first kappa shape index (κ1) is 18.8. The Hall–Kier alpha value is -0.283. The molecule has 8 heteroatoms. The molecule has 2 N–H and O–H groups in total. The smallest absolute Gasteiger partial charge is 0.249 e. The van der Waals surface area contributed by atoms with Gasteiger partial charge in [-0.05, 0) is 18.1 Å². The van der Waals surface area contributed by atoms with Crippen LogP contribution in [0.4, 0.5) is 0 Å². The number of aromatic nitrogens is 1. The van der Waals surface area contributed by atoms with E-state index in [9.17, 15) is 8.42 Å². The van der Waals surface area contributed by atoms with E-state index in [4.69, 9.17) is 9.56 Å². The van der Waals surface area contributed by atoms with Gasteiger partial charge in [-0.2, -0.15) is 0 Å². The first-order valence-corrected chi connectivity index (χ1v) is 12.1. The molecule has 1 aromatic rings. The van der Waals surface area contributed by atoms with E-state index < -0.39 is 18.3 Å². The monoisotopic (exact) mass is 350 g/mol. The third-order valence-corrected chi connectivity index (χ3v) is 11.2. The molecule has 0 radical (unpaired) electrons. The van der Waals surface area contributed by atoms with E-state index in [-0.39, 0.29) is 14.7 Å². The molecule has 0 aliphatic heterocycles. The molecule has 1 heterocycles. The van der Waals surface area contributed by atoms with Gasteiger partial charge in [0.15, 0.2) is 12.5 Å². The maximum Gasteiger partial charge on any atom is 0.249 e. The van der Waals surface area contributed by atoms with Crippen molar-refractivity contribution in [2.75, 3.05) is 6.61 Å². The minimum atomic E-state index is -3.68. The number of nitrogens with two attached hydrogens (primary N) is 1. The minimum Gasteiger partial charge on any atom is -0.416 e. The summed E-state index contributed by atoms with van der Waals surface area (Å²) in [6.45, 7) is 15.5. The Morgan fingerprint density at radius 3 is 2.19 bits per heavy atom. The zero-order chi connectivity index (χ0) is 16.7. The number of primary sulfonamides is 1. The van der Waals surface area contributed by atoms with Crippen molar-refractivity contribution in [2.24, 2.45) is 5.14 Å². The summed E-state index contributed by atoms with van der Waals surface area (Å²) in [5.41, 5.74) is -0.344. The Kier molecular flexibility index (Phi) is 5.12. The summed E-state index contributed by atoms with van der Waals surface area (Å²) >= 11 is 1.12. The molecule has 0 aliphatic carbocycles. The lowest BCUT2D eigenvalue weighted by Gasteiger charge is -2.38. The topological polar surface area (TPSA) is 82.3 Å². The Balaban J connectivity index is 2.90. The van der Waals surface area contributed by atoms with Crippen LogP contribution in [0.1, 0.15) is 39.6 Å². The average molecular weight is 351 g/mol. The van der Waals surface area contributed by atoms with E-state index in [2.05, 4.69) is 38.8 Å². The van der Waals surface area contributed by atoms with Gasteiger partial charge >= 0.3 is 0 Å². The second-order valence-electron chi connectivity index (χ2n) is 7.46. The fourth-order valence-electron chi connectivity index (χ4n) is 1.34. The van der Waals surface area contributed by atoms with Gasteiger partial charge in [-0.25, -0.2) is 18.5 Å². The predicted molar refractivity (Wildman–Crippen MR) is 89.7 cm³/mol. The average Bonchev–Trinajstić information content (AvgIpc) is 2.74. The Bertz CT molecular complexity index is 601. The number of nitrogens with zero attached hydrogens (tertiary/aromatic N) is 1. The Labute approximate surface area is 133 Å². The second kappa shape index (κ2) is 5.73. The molecule has 122 valence electrons. The van der Waals surface area contributed by atoms with Crippen LogP contribution in [0.5, 0.6) is 0 Å². The fourth-order valence-corrected chi connectivity index (χ4v) is 4.14. The van der Waals surface area contributed by atoms with Crippen LogP contribution in [0.15, 0.2) is 10.4 Å². The number of thiazole rings is 1. The summed E-state index contributed by atoms with van der Waals surface area (Å²) in [5, 5.41) is 6.00. The molecule has 21 heavy (non-hydrogen) atoms. The first-order chi connectivity index (χ1) is 9.17. The van der Waals surface area contributed by atoms with Gasteiger partial charge in [0.05, 0.1) is 6.20 Å². The van der Waals surface area contributed by atoms with Crippen molar-refractivity contribution in [1.82, 2.24) is 4.98 Å². The van der Waals surface area contributed by atoms with Crippen molar-refractivity contribution < 1.29 is 12.8 Å². The number of hydrogen-bond acceptors (Lipinski definition) is 5. The van der Waals surface area contributed by atoms with Crippen molar-refractivity contribution in [2.45, 2.75) is 62.4 Å². The zero-order valence-electron chi connectivity index (χ0n) is 13.9. The van der Waals surface area contributed by atoms with Gasteiger partial charge in [0.2, 0.25) is 10.0 Å². The lowest BCUT2D eigenvalue weighted by molar-refractivity contribution is 0.220. The van der Waals surface area contributed by atoms with Gasteiger partial charge in [-0.1, -0.05) is 34.6 Å². The van der Waals surface area contributed by atoms with E-state index in [1.807, 2.05) is 13.8 Å². The van der Waals surface area contributed by atoms with Gasteiger partial charge in [0, 0.05) is 12.0 Å². The summed E-state index contributed by atoms with van der Waals surface area (Å²) < 4.78 is 29.0. The van der Waals surface area contributed by atoms with Gasteiger partial charge < -0.3 is 4.43 Å². The van der Waals surface area contributed by atoms with Crippen LogP contribution in [-0.4, -0.2) is 28.3 Å². The molecule has 0 aliphatic rings. The highest BCUT2D eigenvalue weighted by molar-refractivity contribution is 7.91. The molecule has 5 nitrogen and oxygen atoms in total. The van der Waals surface area contributed by atoms with Crippen LogP contribution in [0.3, 0.4) is 0 Å². The van der Waals surface area contributed by atoms with Crippen LogP contribution in [0.2, 0.25) is 18.1 Å². The molecule has 1 aromatic heterocycles. The van der Waals surface area contributed by atoms with E-state index in [1.165, 1.54) is 6.20 Å². The van der Waals surface area contributed by atoms with Gasteiger partial charge in [0.25, 0.3) is 0 Å². The molecule has 0 bridgehead atoms. The molecular weight excluding hydrogens is 324 g/mol. The molecule has 1 rings (SSSR count). The molecule has 0 fully saturated rings. The fraction of sp³-hybridized carbons (Fsp3) is 0.769. The third kappa shape index (κ3) is 4.59. The summed E-state index contributed by atoms with van der Waals surface area (Å²) in [7, 11) is -5.53. The SMILES string of the molecule is CC(C)(CO[Si](C)(C)C(C)(C)C)c1ncc(S(N)(=O)=O)s1. The Morgan fingerprint density at radius 1 is 1.29 bits per heavy atom. The van der Waals surface area contributed by atoms with Gasteiger partial charge in [-0.3, -0.25) is 0 Å². The lowest BCUT2D eigenvalue weighted by Crippen LogP contribution is -2.43. The number of rotatable bonds is 5. The van der Waals surface area contributed by atoms with Crippen LogP contribution in [-0.2, 0) is 19.9 Å². The number of sulfonamides is 1. The van der Waals surface area contributed by atoms with E-state index in [1.54, 1.807) is 0 Å². The highest BCUT2D eigenvalue weighted by atomic mass is 32.2. The number of hydrogen-bond donors (Lipinski definition) is 1. The van der Waals surface area contributed by atoms with E-state index in [0.29, 0.717) is 6.61 Å². The van der Waals surface area contributed by atoms with Crippen molar-refractivity contribution in [3.8, 4) is 0 Å². The van der Waals surface area contributed by atoms with Crippen molar-refractivity contribution >= 4 is 29.7 Å². The third-order valence-electron chi connectivity index (χ3n) is 3.94. The second-order valence-corrected chi connectivity index (χ2v) is 15.1. The molecule has 0 aromatic carbocycles. The molecule has 0 spiro atoms. The molecule has 0 atom stereocenters. The summed E-state index contributed by atoms with van der Waals surface area (Å²) in [4.78, 5) is 4.21. The molecule has 0 unspecified atom stereocenters. The van der Waals surface area contributed by atoms with E-state index >= 15 is 0 Å². The standard InChI is InChI=1S/C13H26N2O3S2Si/c1-12(2,3)21(6,7)18-9-13(4,5)11-15-8-10(19-11)20(14,16)17/h8H,9H2,1-7H3,(H2,14,16,17). The summed E-state index contributed by atoms with van der Waals surface area (Å²) in [6, 6.07) is 0. The highest BCUT2D eigenvalue weighted by Gasteiger charge is 2.39. The van der Waals surface area contributed by atoms with Crippen molar-refractivity contribution in [1.29, 1.82) is 0 Å². The normalized spacial score (nSPS) is 14.5. The zero-order valence-corrected chi connectivity index (χ0v) is 16.5. The van der Waals surface area contributed by atoms with Crippen LogP contribution in [0, 0.1) is 0 Å². The maximum absolute atomic E-state index is 11.3. The largest absolute Gasteiger partial charge is 0.416 e. The van der Waals surface area contributed by atoms with Gasteiger partial charge in [0.1, 0.15) is 5.01 Å². The Morgan fingerprint density at radius 2 is 1.81 bits per heavy atom. The predicted octanol–water partition coefficient (Wildman–Crippen LogP) is 3.09. The first-order valence-electron chi connectivity index (χ1n) is 6.80. The molecule has 0 saturated heterocycles. The van der Waals surface area contributed by atoms with Crippen molar-refractivity contribution in [3.63, 3.8) is 0 Å². The highest BCUT2D eigenvalue weighted by Crippen LogP contribution is 2.38. The maximum atomic E-state index is 11.3. The van der Waals surface area contributed by atoms with Gasteiger partial charge in [-0.15, -0.1) is 11.3 Å². The van der Waals surface area contributed by atoms with Crippen LogP contribution >= 0.6 is 11.3 Å². The summed E-state index contributed by atoms with van der Waals surface area (Å²) in [5.74, 6) is 0. The molecule has 0 saturated carbocycles. The lowest BCUT2D eigenvalue weighted by atomic mass is 9.96. The molecular formula is C13H26N2O3S2Si. The summed E-state index contributed by atoms with van der Waals surface area (Å²) in [6.07, 6.45) is 1.32.